The fourth-order valence-corrected chi connectivity index (χ4v) is 2.61. The standard InChI is InChI=1S/C12H22N2O2/c1-12(16)8-14(9-12)11(15)3-2-10-4-6-13-7-5-10/h10,13,16H,2-9H2,1H3. The van der Waals surface area contributed by atoms with Gasteiger partial charge in [-0.05, 0) is 45.2 Å². The summed E-state index contributed by atoms with van der Waals surface area (Å²) in [7, 11) is 0. The number of likely N-dealkylation sites (tertiary alicyclic amines) is 1. The number of nitrogens with one attached hydrogen (secondary N) is 1. The average molecular weight is 226 g/mol. The molecule has 0 spiro atoms. The van der Waals surface area contributed by atoms with Gasteiger partial charge in [-0.2, -0.15) is 0 Å². The Labute approximate surface area is 97.0 Å². The van der Waals surface area contributed by atoms with E-state index in [9.17, 15) is 9.90 Å². The molecule has 4 nitrogen and oxygen atoms in total. The first kappa shape index (κ1) is 11.9. The van der Waals surface area contributed by atoms with E-state index < -0.39 is 5.60 Å². The molecule has 2 rings (SSSR count). The highest BCUT2D eigenvalue weighted by Gasteiger charge is 2.39. The van der Waals surface area contributed by atoms with Crippen molar-refractivity contribution < 1.29 is 9.90 Å². The molecular weight excluding hydrogens is 204 g/mol. The van der Waals surface area contributed by atoms with Gasteiger partial charge >= 0.3 is 0 Å². The largest absolute Gasteiger partial charge is 0.386 e. The van der Waals surface area contributed by atoms with Crippen molar-refractivity contribution in [3.63, 3.8) is 0 Å². The van der Waals surface area contributed by atoms with Gasteiger partial charge in [0.1, 0.15) is 0 Å². The van der Waals surface area contributed by atoms with E-state index in [0.717, 1.165) is 19.5 Å². The lowest BCUT2D eigenvalue weighted by molar-refractivity contribution is -0.152. The lowest BCUT2D eigenvalue weighted by Gasteiger charge is -2.44. The molecule has 0 bridgehead atoms. The second-order valence-electron chi connectivity index (χ2n) is 5.48. The lowest BCUT2D eigenvalue weighted by Crippen LogP contribution is -2.61. The van der Waals surface area contributed by atoms with Crippen LogP contribution >= 0.6 is 0 Å². The Bertz CT molecular complexity index is 252. The Morgan fingerprint density at radius 2 is 2.06 bits per heavy atom. The van der Waals surface area contributed by atoms with Crippen LogP contribution in [0.1, 0.15) is 32.6 Å². The smallest absolute Gasteiger partial charge is 0.222 e. The van der Waals surface area contributed by atoms with E-state index in [1.807, 2.05) is 0 Å². The number of rotatable bonds is 3. The Hall–Kier alpha value is -0.610. The van der Waals surface area contributed by atoms with E-state index >= 15 is 0 Å². The Kier molecular flexibility index (Phi) is 3.50. The molecule has 0 saturated carbocycles. The molecule has 2 N–H and O–H groups in total. The molecule has 16 heavy (non-hydrogen) atoms. The van der Waals surface area contributed by atoms with Gasteiger partial charge in [-0.1, -0.05) is 0 Å². The number of carbonyl (C=O) groups is 1. The van der Waals surface area contributed by atoms with Gasteiger partial charge in [-0.25, -0.2) is 0 Å². The summed E-state index contributed by atoms with van der Waals surface area (Å²) < 4.78 is 0. The second-order valence-corrected chi connectivity index (χ2v) is 5.48. The van der Waals surface area contributed by atoms with Gasteiger partial charge in [-0.15, -0.1) is 0 Å². The van der Waals surface area contributed by atoms with Crippen LogP contribution in [-0.4, -0.2) is 47.7 Å². The number of piperidine rings is 1. The molecule has 4 heteroatoms. The number of aliphatic hydroxyl groups is 1. The summed E-state index contributed by atoms with van der Waals surface area (Å²) in [5.74, 6) is 0.928. The van der Waals surface area contributed by atoms with Gasteiger partial charge in [-0.3, -0.25) is 4.79 Å². The summed E-state index contributed by atoms with van der Waals surface area (Å²) >= 11 is 0. The molecule has 0 atom stereocenters. The Balaban J connectivity index is 1.64. The molecule has 0 aromatic carbocycles. The van der Waals surface area contributed by atoms with Crippen LogP contribution in [0.2, 0.25) is 0 Å². The number of nitrogens with zero attached hydrogens (tertiary/aromatic N) is 1. The predicted molar refractivity (Wildman–Crippen MR) is 62.0 cm³/mol. The number of hydrogen-bond donors (Lipinski definition) is 2. The molecule has 2 saturated heterocycles. The van der Waals surface area contributed by atoms with Gasteiger partial charge in [0.2, 0.25) is 5.91 Å². The highest BCUT2D eigenvalue weighted by molar-refractivity contribution is 5.77. The second kappa shape index (κ2) is 4.72. The van der Waals surface area contributed by atoms with Crippen LogP contribution < -0.4 is 5.32 Å². The fourth-order valence-electron chi connectivity index (χ4n) is 2.61. The average Bonchev–Trinajstić information content (AvgIpc) is 2.24. The first-order chi connectivity index (χ1) is 7.57. The van der Waals surface area contributed by atoms with Crippen molar-refractivity contribution in [2.75, 3.05) is 26.2 Å². The van der Waals surface area contributed by atoms with Gasteiger partial charge in [0, 0.05) is 6.42 Å². The highest BCUT2D eigenvalue weighted by Crippen LogP contribution is 2.23. The fraction of sp³-hybridized carbons (Fsp3) is 0.917. The van der Waals surface area contributed by atoms with Gasteiger partial charge in [0.25, 0.3) is 0 Å². The van der Waals surface area contributed by atoms with Crippen molar-refractivity contribution in [1.82, 2.24) is 10.2 Å². The minimum absolute atomic E-state index is 0.213. The summed E-state index contributed by atoms with van der Waals surface area (Å²) in [6.45, 7) is 4.99. The molecule has 0 unspecified atom stereocenters. The van der Waals surface area contributed by atoms with Crippen LogP contribution in [0.15, 0.2) is 0 Å². The van der Waals surface area contributed by atoms with Gasteiger partial charge in [0.15, 0.2) is 0 Å². The van der Waals surface area contributed by atoms with E-state index in [1.165, 1.54) is 12.8 Å². The zero-order valence-corrected chi connectivity index (χ0v) is 10.0. The van der Waals surface area contributed by atoms with Crippen LogP contribution in [-0.2, 0) is 4.79 Å². The third kappa shape index (κ3) is 2.95. The summed E-state index contributed by atoms with van der Waals surface area (Å²) in [6, 6.07) is 0. The zero-order chi connectivity index (χ0) is 11.6. The number of hydrogen-bond acceptors (Lipinski definition) is 3. The van der Waals surface area contributed by atoms with Crippen LogP contribution in [0, 0.1) is 5.92 Å². The van der Waals surface area contributed by atoms with Crippen molar-refractivity contribution in [2.45, 2.75) is 38.2 Å². The monoisotopic (exact) mass is 226 g/mol. The molecule has 2 heterocycles. The van der Waals surface area contributed by atoms with E-state index in [2.05, 4.69) is 5.32 Å². The minimum atomic E-state index is -0.635. The Morgan fingerprint density at radius 3 is 2.62 bits per heavy atom. The topological polar surface area (TPSA) is 52.6 Å². The van der Waals surface area contributed by atoms with Crippen LogP contribution in [0.5, 0.6) is 0 Å². The highest BCUT2D eigenvalue weighted by atomic mass is 16.3. The van der Waals surface area contributed by atoms with Crippen molar-refractivity contribution in [2.24, 2.45) is 5.92 Å². The lowest BCUT2D eigenvalue weighted by atomic mass is 9.91. The van der Waals surface area contributed by atoms with Crippen molar-refractivity contribution in [3.8, 4) is 0 Å². The molecule has 0 aliphatic carbocycles. The summed E-state index contributed by atoms with van der Waals surface area (Å²) in [5, 5.41) is 12.9. The summed E-state index contributed by atoms with van der Waals surface area (Å²) in [5.41, 5.74) is -0.635. The molecule has 92 valence electrons. The molecular formula is C12H22N2O2. The summed E-state index contributed by atoms with van der Waals surface area (Å²) in [6.07, 6.45) is 4.07. The Morgan fingerprint density at radius 1 is 1.44 bits per heavy atom. The maximum atomic E-state index is 11.8. The van der Waals surface area contributed by atoms with E-state index in [-0.39, 0.29) is 5.91 Å². The van der Waals surface area contributed by atoms with Crippen molar-refractivity contribution in [3.05, 3.63) is 0 Å². The maximum absolute atomic E-state index is 11.8. The van der Waals surface area contributed by atoms with E-state index in [1.54, 1.807) is 11.8 Å². The predicted octanol–water partition coefficient (Wildman–Crippen LogP) is 0.359. The van der Waals surface area contributed by atoms with E-state index in [0.29, 0.717) is 25.4 Å². The number of β-amino-alcohol motifs (C(OH)–C–C–N with tert-alkyl or cyclic N) is 1. The third-order valence-electron chi connectivity index (χ3n) is 3.64. The van der Waals surface area contributed by atoms with Gasteiger partial charge in [0.05, 0.1) is 18.7 Å². The first-order valence-electron chi connectivity index (χ1n) is 6.28. The quantitative estimate of drug-likeness (QED) is 0.730. The van der Waals surface area contributed by atoms with Crippen LogP contribution in [0.25, 0.3) is 0 Å². The van der Waals surface area contributed by atoms with Gasteiger partial charge < -0.3 is 15.3 Å². The summed E-state index contributed by atoms with van der Waals surface area (Å²) in [4.78, 5) is 13.5. The molecule has 0 aromatic rings. The number of amides is 1. The van der Waals surface area contributed by atoms with Crippen molar-refractivity contribution >= 4 is 5.91 Å². The molecule has 2 aliphatic heterocycles. The molecule has 1 amide bonds. The van der Waals surface area contributed by atoms with Crippen LogP contribution in [0.4, 0.5) is 0 Å². The zero-order valence-electron chi connectivity index (χ0n) is 10.0. The molecule has 0 radical (unpaired) electrons. The molecule has 0 aromatic heterocycles. The normalized spacial score (nSPS) is 25.2. The minimum Gasteiger partial charge on any atom is -0.386 e. The maximum Gasteiger partial charge on any atom is 0.222 e. The first-order valence-corrected chi connectivity index (χ1v) is 6.28. The number of carbonyl (C=O) groups excluding carboxylic acids is 1. The van der Waals surface area contributed by atoms with Crippen LogP contribution in [0.3, 0.4) is 0 Å². The third-order valence-corrected chi connectivity index (χ3v) is 3.64. The SMILES string of the molecule is CC1(O)CN(C(=O)CCC2CCNCC2)C1. The molecule has 2 aliphatic rings. The van der Waals surface area contributed by atoms with E-state index in [4.69, 9.17) is 0 Å². The molecule has 2 fully saturated rings. The van der Waals surface area contributed by atoms with Crippen molar-refractivity contribution in [1.29, 1.82) is 0 Å².